The lowest BCUT2D eigenvalue weighted by Crippen LogP contribution is -2.56. The van der Waals surface area contributed by atoms with E-state index in [0.717, 1.165) is 7.11 Å². The highest BCUT2D eigenvalue weighted by atomic mass is 28.4. The Morgan fingerprint density at radius 1 is 0.379 bits per heavy atom. The fourth-order valence-corrected chi connectivity index (χ4v) is 14.3. The summed E-state index contributed by atoms with van der Waals surface area (Å²) in [5.74, 6) is 0. The zero-order valence-electron chi connectivity index (χ0n) is 33.4. The highest BCUT2D eigenvalue weighted by Gasteiger charge is 2.76. The summed E-state index contributed by atoms with van der Waals surface area (Å²) in [6.45, 7) is 4.19. The van der Waals surface area contributed by atoms with Crippen LogP contribution in [-0.4, -0.2) is 93.8 Å². The lowest BCUT2D eigenvalue weighted by molar-refractivity contribution is -0.379. The maximum Gasteiger partial charge on any atom is 0.430 e. The summed E-state index contributed by atoms with van der Waals surface area (Å²) < 4.78 is 343. The number of alkyl halides is 24. The Morgan fingerprint density at radius 3 is 0.727 bits per heavy atom. The van der Waals surface area contributed by atoms with Crippen LogP contribution >= 0.6 is 0 Å². The van der Waals surface area contributed by atoms with Gasteiger partial charge >= 0.3 is 58.0 Å². The van der Waals surface area contributed by atoms with Gasteiger partial charge in [-0.3, -0.25) is 0 Å². The van der Waals surface area contributed by atoms with Crippen molar-refractivity contribution in [1.29, 1.82) is 0 Å². The highest BCUT2D eigenvalue weighted by molar-refractivity contribution is 6.82. The minimum atomic E-state index is -6.91. The van der Waals surface area contributed by atoms with Crippen molar-refractivity contribution >= 4 is 16.9 Å². The zero-order valence-corrected chi connectivity index (χ0v) is 35.4. The summed E-state index contributed by atoms with van der Waals surface area (Å²) >= 11 is 0. The molecule has 0 saturated heterocycles. The largest absolute Gasteiger partial charge is 0.436 e. The van der Waals surface area contributed by atoms with Crippen LogP contribution in [-0.2, 0) is 43.8 Å². The predicted octanol–water partition coefficient (Wildman–Crippen LogP) is 11.4. The van der Waals surface area contributed by atoms with Crippen molar-refractivity contribution in [2.75, 3.05) is 7.11 Å². The van der Waals surface area contributed by atoms with Gasteiger partial charge in [-0.25, -0.2) is 0 Å². The zero-order chi connectivity index (χ0) is 52.4. The second-order valence-corrected chi connectivity index (χ2v) is 24.0. The number of benzene rings is 2. The molecule has 0 unspecified atom stereocenters. The van der Waals surface area contributed by atoms with Crippen LogP contribution in [0.1, 0.15) is 46.2 Å². The molecule has 0 aliphatic carbocycles. The lowest BCUT2D eigenvalue weighted by atomic mass is 9.83. The average Bonchev–Trinajstić information content (AvgIpc) is 3.08. The van der Waals surface area contributed by atoms with Crippen molar-refractivity contribution in [1.82, 2.24) is 0 Å². The highest BCUT2D eigenvalue weighted by Crippen LogP contribution is 2.56. The molecule has 0 heterocycles. The van der Waals surface area contributed by atoms with E-state index < -0.39 is 172 Å². The predicted molar refractivity (Wildman–Crippen MR) is 180 cm³/mol. The second kappa shape index (κ2) is 18.0. The molecule has 0 aliphatic rings. The van der Waals surface area contributed by atoms with E-state index in [4.69, 9.17) is 8.54 Å². The van der Waals surface area contributed by atoms with Crippen molar-refractivity contribution in [2.45, 2.75) is 129 Å². The summed E-state index contributed by atoms with van der Waals surface area (Å²) in [6, 6.07) is -4.66. The van der Waals surface area contributed by atoms with E-state index in [1.54, 1.807) is 0 Å². The van der Waals surface area contributed by atoms with Crippen molar-refractivity contribution in [3.63, 3.8) is 0 Å². The first-order valence-corrected chi connectivity index (χ1v) is 23.5. The van der Waals surface area contributed by atoms with Crippen molar-refractivity contribution in [2.24, 2.45) is 0 Å². The Labute approximate surface area is 357 Å². The van der Waals surface area contributed by atoms with Gasteiger partial charge in [0.2, 0.25) is 0 Å². The van der Waals surface area contributed by atoms with Crippen LogP contribution in [0.25, 0.3) is 0 Å². The second-order valence-electron chi connectivity index (χ2n) is 15.7. The maximum atomic E-state index is 13.8. The van der Waals surface area contributed by atoms with Crippen LogP contribution < -0.4 is 0 Å². The molecule has 0 fully saturated rings. The van der Waals surface area contributed by atoms with Gasteiger partial charge in [-0.2, -0.15) is 105 Å². The Bertz CT molecular complexity index is 1690. The van der Waals surface area contributed by atoms with E-state index in [2.05, 4.69) is 0 Å². The summed E-state index contributed by atoms with van der Waals surface area (Å²) in [6.07, 6.45) is -59.2. The van der Waals surface area contributed by atoms with Crippen LogP contribution in [0, 0.1) is 0 Å². The Balaban J connectivity index is 2.83. The van der Waals surface area contributed by atoms with Crippen molar-refractivity contribution in [3.05, 3.63) is 69.8 Å². The molecule has 6 nitrogen and oxygen atoms in total. The van der Waals surface area contributed by atoms with Crippen LogP contribution in [0.4, 0.5) is 105 Å². The third kappa shape index (κ3) is 11.2. The smallest absolute Gasteiger partial charge is 0.430 e. The molecule has 4 N–H and O–H groups in total. The molecular weight excluding hydrogens is 1020 g/mol. The van der Waals surface area contributed by atoms with E-state index in [9.17, 15) is 126 Å². The number of aryl methyl sites for hydroxylation is 2. The normalized spacial score (nSPS) is 15.5. The van der Waals surface area contributed by atoms with Gasteiger partial charge in [0, 0.05) is 29.4 Å². The molecule has 0 amide bonds. The Hall–Kier alpha value is -3.05. The van der Waals surface area contributed by atoms with Gasteiger partial charge in [0.05, 0.1) is 0 Å². The molecule has 0 aromatic heterocycles. The fourth-order valence-electron chi connectivity index (χ4n) is 6.61. The van der Waals surface area contributed by atoms with Gasteiger partial charge in [0.1, 0.15) is 0 Å². The summed E-state index contributed by atoms with van der Waals surface area (Å²) in [5.41, 5.74) is -38.1. The first-order chi connectivity index (χ1) is 28.8. The Kier molecular flexibility index (Phi) is 16.1. The molecule has 0 aliphatic heterocycles. The molecule has 0 spiro atoms. The van der Waals surface area contributed by atoms with Gasteiger partial charge in [-0.15, -0.1) is 0 Å². The maximum absolute atomic E-state index is 13.8. The summed E-state index contributed by atoms with van der Waals surface area (Å²) in [4.78, 5) is 0. The number of aliphatic hydroxyl groups is 4. The van der Waals surface area contributed by atoms with Gasteiger partial charge in [-0.05, 0) is 80.7 Å². The summed E-state index contributed by atoms with van der Waals surface area (Å²) in [5, 5.41) is 39.6. The molecular formula is C34H34F24O6Si2. The molecule has 382 valence electrons. The third-order valence-corrected chi connectivity index (χ3v) is 16.8. The molecule has 2 rings (SSSR count). The quantitative estimate of drug-likeness (QED) is 0.105. The summed E-state index contributed by atoms with van der Waals surface area (Å²) in [7, 11) is -6.46. The third-order valence-electron chi connectivity index (χ3n) is 9.85. The Morgan fingerprint density at radius 2 is 0.576 bits per heavy atom. The molecule has 0 radical (unpaired) electrons. The molecule has 2 aromatic carbocycles. The molecule has 0 atom stereocenters. The molecule has 32 heteroatoms. The van der Waals surface area contributed by atoms with Crippen molar-refractivity contribution in [3.8, 4) is 0 Å². The van der Waals surface area contributed by atoms with E-state index in [-0.39, 0.29) is 24.3 Å². The lowest BCUT2D eigenvalue weighted by Gasteiger charge is -2.37. The fraction of sp³-hybridized carbons (Fsp3) is 0.647. The van der Waals surface area contributed by atoms with Gasteiger partial charge < -0.3 is 29.0 Å². The minimum absolute atomic E-state index is 0.302. The van der Waals surface area contributed by atoms with Crippen LogP contribution in [0.15, 0.2) is 36.4 Å². The number of halogens is 24. The van der Waals surface area contributed by atoms with Gasteiger partial charge in [0.25, 0.3) is 22.4 Å². The van der Waals surface area contributed by atoms with E-state index >= 15 is 0 Å². The topological polar surface area (TPSA) is 99.4 Å². The first kappa shape index (κ1) is 59.1. The van der Waals surface area contributed by atoms with E-state index in [1.165, 1.54) is 19.6 Å². The van der Waals surface area contributed by atoms with Crippen molar-refractivity contribution < 1.29 is 134 Å². The van der Waals surface area contributed by atoms with Gasteiger partial charge in [-0.1, -0.05) is 24.3 Å². The van der Waals surface area contributed by atoms with Crippen LogP contribution in [0.5, 0.6) is 0 Å². The average molecular weight is 1050 g/mol. The molecule has 0 bridgehead atoms. The first-order valence-electron chi connectivity index (χ1n) is 17.8. The van der Waals surface area contributed by atoms with Gasteiger partial charge in [0.15, 0.2) is 8.32 Å². The van der Waals surface area contributed by atoms with Crippen LogP contribution in [0.3, 0.4) is 0 Å². The molecule has 0 saturated carbocycles. The van der Waals surface area contributed by atoms with Crippen LogP contribution in [0.2, 0.25) is 31.7 Å². The number of hydrogen-bond donors (Lipinski definition) is 4. The van der Waals surface area contributed by atoms with E-state index in [0.29, 0.717) is 0 Å². The number of hydrogen-bond acceptors (Lipinski definition) is 6. The molecule has 2 aromatic rings. The van der Waals surface area contributed by atoms with E-state index in [1.807, 2.05) is 0 Å². The molecule has 66 heavy (non-hydrogen) atoms. The standard InChI is InChI=1S/C34H34F24O6Si2/c1-63-66(64-65(2,3)4,9-5-7-17-11-19(23(59,27(35,36)37)28(38,39)40)15-20(12-17)24(60,29(41,42)43)30(44,45)46)10-6-8-18-13-21(25(61,31(47,48)49)32(50,51)52)16-22(14-18)26(62,33(53,54)55)34(56,57)58/h11-16,59-62H,5-10H2,1-4H3. The minimum Gasteiger partial charge on any atom is -0.436 e. The SMILES string of the molecule is CO[Si](CCCc1cc(C(O)(C(F)(F)F)C(F)(F)F)cc(C(O)(C(F)(F)F)C(F)(F)F)c1)(CCCc1cc(C(O)(C(F)(F)F)C(F)(F)F)cc(C(O)(C(F)(F)F)C(F)(F)F)c1)O[Si](C)(C)C. The number of rotatable bonds is 15. The monoisotopic (exact) mass is 1050 g/mol.